The first-order chi connectivity index (χ1) is 7.01. The molecule has 1 aromatic rings. The average molecular weight is 219 g/mol. The van der Waals surface area contributed by atoms with Gasteiger partial charge in [-0.05, 0) is 12.1 Å². The first kappa shape index (κ1) is 11.5. The van der Waals surface area contributed by atoms with E-state index in [0.29, 0.717) is 6.29 Å². The van der Waals surface area contributed by atoms with Gasteiger partial charge in [0, 0.05) is 0 Å². The molecule has 1 heterocycles. The molecule has 0 aliphatic heterocycles. The first-order valence-electron chi connectivity index (χ1n) is 4.12. The number of halogens is 3. The van der Waals surface area contributed by atoms with Crippen LogP contribution in [0.5, 0.6) is 5.75 Å². The Hall–Kier alpha value is -1.59. The van der Waals surface area contributed by atoms with Gasteiger partial charge in [0.2, 0.25) is 0 Å². The van der Waals surface area contributed by atoms with Crippen molar-refractivity contribution < 1.29 is 22.7 Å². The minimum absolute atomic E-state index is 0.207. The Morgan fingerprint density at radius 1 is 1.40 bits per heavy atom. The van der Waals surface area contributed by atoms with Crippen molar-refractivity contribution in [3.8, 4) is 5.75 Å². The molecule has 3 nitrogen and oxygen atoms in total. The molecule has 0 radical (unpaired) electrons. The molecule has 0 unspecified atom stereocenters. The highest BCUT2D eigenvalue weighted by atomic mass is 19.4. The van der Waals surface area contributed by atoms with Crippen molar-refractivity contribution in [1.82, 2.24) is 4.98 Å². The molecule has 15 heavy (non-hydrogen) atoms. The van der Waals surface area contributed by atoms with Gasteiger partial charge >= 0.3 is 6.18 Å². The van der Waals surface area contributed by atoms with Gasteiger partial charge in [0.05, 0.1) is 19.2 Å². The average Bonchev–Trinajstić information content (AvgIpc) is 2.17. The lowest BCUT2D eigenvalue weighted by Gasteiger charge is -2.07. The lowest BCUT2D eigenvalue weighted by Crippen LogP contribution is -2.13. The molecule has 6 heteroatoms. The van der Waals surface area contributed by atoms with Gasteiger partial charge in [-0.25, -0.2) is 4.98 Å². The fourth-order valence-electron chi connectivity index (χ4n) is 0.831. The normalized spacial score (nSPS) is 11.1. The van der Waals surface area contributed by atoms with Gasteiger partial charge in [-0.2, -0.15) is 13.2 Å². The number of nitrogens with zero attached hydrogens (tertiary/aromatic N) is 1. The van der Waals surface area contributed by atoms with E-state index in [1.165, 1.54) is 18.3 Å². The number of rotatable bonds is 4. The van der Waals surface area contributed by atoms with Crippen molar-refractivity contribution in [1.29, 1.82) is 0 Å². The number of carbonyl (C=O) groups excluding carboxylic acids is 1. The second-order valence-corrected chi connectivity index (χ2v) is 2.75. The maximum Gasteiger partial charge on any atom is 0.392 e. The van der Waals surface area contributed by atoms with Gasteiger partial charge in [0.15, 0.2) is 6.29 Å². The molecule has 0 atom stereocenters. The third-order valence-corrected chi connectivity index (χ3v) is 1.53. The SMILES string of the molecule is O=Cc1ccc(OCCC(F)(F)F)cn1. The van der Waals surface area contributed by atoms with Crippen molar-refractivity contribution in [2.45, 2.75) is 12.6 Å². The van der Waals surface area contributed by atoms with Gasteiger partial charge in [0.25, 0.3) is 0 Å². The number of aldehydes is 1. The largest absolute Gasteiger partial charge is 0.492 e. The quantitative estimate of drug-likeness (QED) is 0.729. The van der Waals surface area contributed by atoms with Gasteiger partial charge in [-0.1, -0.05) is 0 Å². The summed E-state index contributed by atoms with van der Waals surface area (Å²) in [6.45, 7) is -0.453. The van der Waals surface area contributed by atoms with Crippen LogP contribution in [0.25, 0.3) is 0 Å². The Morgan fingerprint density at radius 2 is 2.13 bits per heavy atom. The van der Waals surface area contributed by atoms with Crippen LogP contribution in [0, 0.1) is 0 Å². The number of carbonyl (C=O) groups is 1. The van der Waals surface area contributed by atoms with Crippen molar-refractivity contribution >= 4 is 6.29 Å². The number of hydrogen-bond donors (Lipinski definition) is 0. The van der Waals surface area contributed by atoms with E-state index >= 15 is 0 Å². The van der Waals surface area contributed by atoms with E-state index in [-0.39, 0.29) is 11.4 Å². The number of hydrogen-bond acceptors (Lipinski definition) is 3. The zero-order chi connectivity index (χ0) is 11.3. The van der Waals surface area contributed by atoms with E-state index in [0.717, 1.165) is 0 Å². The van der Waals surface area contributed by atoms with E-state index in [9.17, 15) is 18.0 Å². The van der Waals surface area contributed by atoms with Gasteiger partial charge in [-0.15, -0.1) is 0 Å². The smallest absolute Gasteiger partial charge is 0.392 e. The molecule has 0 aliphatic carbocycles. The lowest BCUT2D eigenvalue weighted by atomic mass is 10.3. The highest BCUT2D eigenvalue weighted by Gasteiger charge is 2.26. The van der Waals surface area contributed by atoms with E-state index in [4.69, 9.17) is 4.74 Å². The summed E-state index contributed by atoms with van der Waals surface area (Å²) < 4.78 is 40.0. The van der Waals surface area contributed by atoms with Crippen LogP contribution in [-0.4, -0.2) is 24.1 Å². The maximum absolute atomic E-state index is 11.7. The molecule has 0 saturated carbocycles. The van der Waals surface area contributed by atoms with E-state index in [1.807, 2.05) is 0 Å². The predicted molar refractivity (Wildman–Crippen MR) is 45.8 cm³/mol. The maximum atomic E-state index is 11.7. The van der Waals surface area contributed by atoms with Crippen LogP contribution in [0.15, 0.2) is 18.3 Å². The second kappa shape index (κ2) is 4.77. The van der Waals surface area contributed by atoms with Crippen LogP contribution < -0.4 is 4.74 Å². The summed E-state index contributed by atoms with van der Waals surface area (Å²) in [5.74, 6) is 0.213. The molecule has 1 aromatic heterocycles. The van der Waals surface area contributed by atoms with Crippen molar-refractivity contribution in [2.24, 2.45) is 0 Å². The number of alkyl halides is 3. The standard InChI is InChI=1S/C9H8F3NO2/c10-9(11,12)3-4-15-8-2-1-7(6-14)13-5-8/h1-2,5-6H,3-4H2. The summed E-state index contributed by atoms with van der Waals surface area (Å²) in [6.07, 6.45) is -3.49. The zero-order valence-corrected chi connectivity index (χ0v) is 7.62. The Bertz CT molecular complexity index is 321. The van der Waals surface area contributed by atoms with E-state index < -0.39 is 19.2 Å². The Balaban J connectivity index is 2.41. The molecular weight excluding hydrogens is 211 g/mol. The molecule has 0 fully saturated rings. The van der Waals surface area contributed by atoms with Crippen molar-refractivity contribution in [3.63, 3.8) is 0 Å². The van der Waals surface area contributed by atoms with Crippen LogP contribution in [0.3, 0.4) is 0 Å². The molecule has 82 valence electrons. The van der Waals surface area contributed by atoms with E-state index in [1.54, 1.807) is 0 Å². The Labute approximate surface area is 83.9 Å². The summed E-state index contributed by atoms with van der Waals surface area (Å²) in [6, 6.07) is 2.77. The molecule has 1 rings (SSSR count). The van der Waals surface area contributed by atoms with Gasteiger partial charge in [-0.3, -0.25) is 4.79 Å². The number of aromatic nitrogens is 1. The van der Waals surface area contributed by atoms with Crippen molar-refractivity contribution in [2.75, 3.05) is 6.61 Å². The van der Waals surface area contributed by atoms with Gasteiger partial charge in [0.1, 0.15) is 11.4 Å². The highest BCUT2D eigenvalue weighted by molar-refractivity contribution is 5.71. The summed E-state index contributed by atoms with van der Waals surface area (Å²) >= 11 is 0. The highest BCUT2D eigenvalue weighted by Crippen LogP contribution is 2.19. The summed E-state index contributed by atoms with van der Waals surface area (Å²) in [4.78, 5) is 13.8. The van der Waals surface area contributed by atoms with Crippen LogP contribution >= 0.6 is 0 Å². The minimum atomic E-state index is -4.23. The first-order valence-corrected chi connectivity index (χ1v) is 4.12. The third kappa shape index (κ3) is 4.44. The molecular formula is C9H8F3NO2. The van der Waals surface area contributed by atoms with E-state index in [2.05, 4.69) is 4.98 Å². The molecule has 0 saturated heterocycles. The number of ether oxygens (including phenoxy) is 1. The second-order valence-electron chi connectivity index (χ2n) is 2.75. The molecule has 0 aromatic carbocycles. The Morgan fingerprint density at radius 3 is 2.60 bits per heavy atom. The van der Waals surface area contributed by atoms with Gasteiger partial charge < -0.3 is 4.74 Å². The molecule has 0 spiro atoms. The predicted octanol–water partition coefficient (Wildman–Crippen LogP) is 2.23. The van der Waals surface area contributed by atoms with Crippen LogP contribution in [0.4, 0.5) is 13.2 Å². The van der Waals surface area contributed by atoms with Crippen LogP contribution in [0.1, 0.15) is 16.9 Å². The Kier molecular flexibility index (Phi) is 3.65. The fraction of sp³-hybridized carbons (Fsp3) is 0.333. The third-order valence-electron chi connectivity index (χ3n) is 1.53. The lowest BCUT2D eigenvalue weighted by molar-refractivity contribution is -0.139. The summed E-state index contributed by atoms with van der Waals surface area (Å²) in [7, 11) is 0. The summed E-state index contributed by atoms with van der Waals surface area (Å²) in [5.41, 5.74) is 0.207. The molecule has 0 bridgehead atoms. The fourth-order valence-corrected chi connectivity index (χ4v) is 0.831. The zero-order valence-electron chi connectivity index (χ0n) is 7.62. The monoisotopic (exact) mass is 219 g/mol. The summed E-state index contributed by atoms with van der Waals surface area (Å²) in [5, 5.41) is 0. The molecule has 0 aliphatic rings. The number of pyridine rings is 1. The van der Waals surface area contributed by atoms with Crippen molar-refractivity contribution in [3.05, 3.63) is 24.0 Å². The van der Waals surface area contributed by atoms with Crippen LogP contribution in [0.2, 0.25) is 0 Å². The van der Waals surface area contributed by atoms with Crippen LogP contribution in [-0.2, 0) is 0 Å². The minimum Gasteiger partial charge on any atom is -0.492 e. The topological polar surface area (TPSA) is 39.2 Å². The molecule has 0 N–H and O–H groups in total. The molecule has 0 amide bonds.